The van der Waals surface area contributed by atoms with Crippen LogP contribution in [-0.4, -0.2) is 18.0 Å². The van der Waals surface area contributed by atoms with E-state index in [0.717, 1.165) is 17.6 Å². The number of hydrogen-bond acceptors (Lipinski definition) is 1. The molecule has 2 heteroatoms. The molecule has 0 N–H and O–H groups in total. The molecule has 0 aromatic heterocycles. The summed E-state index contributed by atoms with van der Waals surface area (Å²) >= 11 is 3.42. The Morgan fingerprint density at radius 1 is 1.44 bits per heavy atom. The van der Waals surface area contributed by atoms with Crippen LogP contribution < -0.4 is 0 Å². The van der Waals surface area contributed by atoms with E-state index in [-0.39, 0.29) is 0 Å². The zero-order chi connectivity index (χ0) is 12.0. The van der Waals surface area contributed by atoms with Gasteiger partial charge in [0.15, 0.2) is 0 Å². The van der Waals surface area contributed by atoms with E-state index < -0.39 is 0 Å². The van der Waals surface area contributed by atoms with E-state index in [1.807, 2.05) is 12.1 Å². The lowest BCUT2D eigenvalue weighted by molar-refractivity contribution is 0.259. The normalized spacial score (nSPS) is 12.4. The molecule has 1 aromatic rings. The van der Waals surface area contributed by atoms with Gasteiger partial charge in [-0.2, -0.15) is 0 Å². The molecule has 86 valence electrons. The Kier molecular flexibility index (Phi) is 5.50. The van der Waals surface area contributed by atoms with Crippen LogP contribution in [0.25, 0.3) is 0 Å². The van der Waals surface area contributed by atoms with Crippen LogP contribution in [0.3, 0.4) is 0 Å². The molecule has 0 saturated heterocycles. The van der Waals surface area contributed by atoms with Crippen LogP contribution in [0.5, 0.6) is 0 Å². The molecule has 1 aromatic carbocycles. The average molecular weight is 280 g/mol. The van der Waals surface area contributed by atoms with E-state index in [1.165, 1.54) is 5.56 Å². The second-order valence-electron chi connectivity index (χ2n) is 3.82. The van der Waals surface area contributed by atoms with Gasteiger partial charge < -0.3 is 0 Å². The number of benzene rings is 1. The van der Waals surface area contributed by atoms with E-state index in [0.29, 0.717) is 6.04 Å². The summed E-state index contributed by atoms with van der Waals surface area (Å²) in [4.78, 5) is 2.32. The molecule has 0 radical (unpaired) electrons. The Morgan fingerprint density at radius 2 is 2.06 bits per heavy atom. The van der Waals surface area contributed by atoms with Crippen molar-refractivity contribution in [1.29, 1.82) is 0 Å². The predicted molar refractivity (Wildman–Crippen MR) is 74.7 cm³/mol. The standard InChI is InChI=1S/C14H18BrN/c1-4-10-16(11-12(2)15)13(3)14-8-6-5-7-9-14/h4-9,13H,1-2,10-11H2,3H3/t13-/m0/s1. The van der Waals surface area contributed by atoms with E-state index in [4.69, 9.17) is 0 Å². The maximum Gasteiger partial charge on any atom is 0.0326 e. The van der Waals surface area contributed by atoms with Crippen LogP contribution in [0.4, 0.5) is 0 Å². The molecule has 0 aliphatic heterocycles. The van der Waals surface area contributed by atoms with Crippen LogP contribution in [0.1, 0.15) is 18.5 Å². The van der Waals surface area contributed by atoms with E-state index in [2.05, 4.69) is 65.2 Å². The number of halogens is 1. The fourth-order valence-corrected chi connectivity index (χ4v) is 2.01. The molecule has 1 nitrogen and oxygen atoms in total. The molecular weight excluding hydrogens is 262 g/mol. The van der Waals surface area contributed by atoms with Gasteiger partial charge in [-0.05, 0) is 12.5 Å². The van der Waals surface area contributed by atoms with Gasteiger partial charge in [-0.3, -0.25) is 4.90 Å². The fourth-order valence-electron chi connectivity index (χ4n) is 1.69. The summed E-state index contributed by atoms with van der Waals surface area (Å²) in [6.07, 6.45) is 1.93. The highest BCUT2D eigenvalue weighted by Gasteiger charge is 2.14. The molecule has 0 fully saturated rings. The van der Waals surface area contributed by atoms with Crippen molar-refractivity contribution in [2.45, 2.75) is 13.0 Å². The summed E-state index contributed by atoms with van der Waals surface area (Å²) in [5, 5.41) is 0. The Bertz CT molecular complexity index is 345. The number of nitrogens with zero attached hydrogens (tertiary/aromatic N) is 1. The summed E-state index contributed by atoms with van der Waals surface area (Å²) in [7, 11) is 0. The zero-order valence-corrected chi connectivity index (χ0v) is 11.3. The van der Waals surface area contributed by atoms with Crippen molar-refractivity contribution < 1.29 is 0 Å². The second kappa shape index (κ2) is 6.66. The predicted octanol–water partition coefficient (Wildman–Crippen LogP) is 4.14. The molecule has 1 atom stereocenters. The van der Waals surface area contributed by atoms with Crippen molar-refractivity contribution in [1.82, 2.24) is 4.90 Å². The Morgan fingerprint density at radius 3 is 2.56 bits per heavy atom. The lowest BCUT2D eigenvalue weighted by Gasteiger charge is -2.28. The molecule has 0 saturated carbocycles. The number of hydrogen-bond donors (Lipinski definition) is 0. The van der Waals surface area contributed by atoms with Gasteiger partial charge in [-0.1, -0.05) is 58.9 Å². The maximum atomic E-state index is 3.89. The lowest BCUT2D eigenvalue weighted by atomic mass is 10.1. The number of rotatable bonds is 6. The first-order chi connectivity index (χ1) is 7.65. The van der Waals surface area contributed by atoms with Crippen molar-refractivity contribution in [2.24, 2.45) is 0 Å². The van der Waals surface area contributed by atoms with Gasteiger partial charge in [0.1, 0.15) is 0 Å². The van der Waals surface area contributed by atoms with Crippen molar-refractivity contribution in [3.05, 3.63) is 59.6 Å². The van der Waals surface area contributed by atoms with Crippen molar-refractivity contribution in [3.63, 3.8) is 0 Å². The van der Waals surface area contributed by atoms with Crippen molar-refractivity contribution in [3.8, 4) is 0 Å². The summed E-state index contributed by atoms with van der Waals surface area (Å²) in [6, 6.07) is 10.8. The smallest absolute Gasteiger partial charge is 0.0326 e. The van der Waals surface area contributed by atoms with Gasteiger partial charge in [-0.25, -0.2) is 0 Å². The SMILES string of the molecule is C=CCN(CC(=C)Br)[C@@H](C)c1ccccc1. The van der Waals surface area contributed by atoms with E-state index in [1.54, 1.807) is 0 Å². The van der Waals surface area contributed by atoms with Gasteiger partial charge >= 0.3 is 0 Å². The Labute approximate surface area is 107 Å². The summed E-state index contributed by atoms with van der Waals surface area (Å²) in [5.74, 6) is 0. The molecule has 0 heterocycles. The first-order valence-corrected chi connectivity index (χ1v) is 6.17. The third-order valence-electron chi connectivity index (χ3n) is 2.57. The first kappa shape index (κ1) is 13.2. The molecule has 0 unspecified atom stereocenters. The monoisotopic (exact) mass is 279 g/mol. The van der Waals surface area contributed by atoms with Gasteiger partial charge in [0.25, 0.3) is 0 Å². The zero-order valence-electron chi connectivity index (χ0n) is 9.70. The highest BCUT2D eigenvalue weighted by molar-refractivity contribution is 9.11. The minimum Gasteiger partial charge on any atom is -0.288 e. The van der Waals surface area contributed by atoms with E-state index in [9.17, 15) is 0 Å². The summed E-state index contributed by atoms with van der Waals surface area (Å²) in [6.45, 7) is 11.6. The van der Waals surface area contributed by atoms with Gasteiger partial charge in [0.05, 0.1) is 0 Å². The van der Waals surface area contributed by atoms with Gasteiger partial charge in [0.2, 0.25) is 0 Å². The molecule has 0 amide bonds. The molecule has 16 heavy (non-hydrogen) atoms. The topological polar surface area (TPSA) is 3.24 Å². The first-order valence-electron chi connectivity index (χ1n) is 5.38. The fraction of sp³-hybridized carbons (Fsp3) is 0.286. The third-order valence-corrected chi connectivity index (χ3v) is 2.82. The van der Waals surface area contributed by atoms with Crippen LogP contribution in [0.15, 0.2) is 54.0 Å². The lowest BCUT2D eigenvalue weighted by Crippen LogP contribution is -2.28. The molecular formula is C14H18BrN. The van der Waals surface area contributed by atoms with Crippen molar-refractivity contribution >= 4 is 15.9 Å². The van der Waals surface area contributed by atoms with Crippen molar-refractivity contribution in [2.75, 3.05) is 13.1 Å². The average Bonchev–Trinajstić information content (AvgIpc) is 2.28. The molecule has 0 aliphatic carbocycles. The Hall–Kier alpha value is -0.860. The van der Waals surface area contributed by atoms with Crippen LogP contribution in [0.2, 0.25) is 0 Å². The minimum absolute atomic E-state index is 0.369. The largest absolute Gasteiger partial charge is 0.288 e. The second-order valence-corrected chi connectivity index (χ2v) is 4.94. The molecule has 1 rings (SSSR count). The Balaban J connectivity index is 2.77. The van der Waals surface area contributed by atoms with Gasteiger partial charge in [-0.15, -0.1) is 6.58 Å². The molecule has 0 bridgehead atoms. The highest BCUT2D eigenvalue weighted by Crippen LogP contribution is 2.21. The molecule has 0 spiro atoms. The van der Waals surface area contributed by atoms with Crippen LogP contribution in [-0.2, 0) is 0 Å². The summed E-state index contributed by atoms with van der Waals surface area (Å²) < 4.78 is 0.997. The highest BCUT2D eigenvalue weighted by atomic mass is 79.9. The summed E-state index contributed by atoms with van der Waals surface area (Å²) in [5.41, 5.74) is 1.32. The third kappa shape index (κ3) is 3.95. The van der Waals surface area contributed by atoms with Gasteiger partial charge in [0, 0.05) is 23.6 Å². The maximum absolute atomic E-state index is 3.89. The minimum atomic E-state index is 0.369. The van der Waals surface area contributed by atoms with E-state index >= 15 is 0 Å². The molecule has 0 aliphatic rings. The van der Waals surface area contributed by atoms with Crippen LogP contribution in [0, 0.1) is 0 Å². The quantitative estimate of drug-likeness (QED) is 0.708. The van der Waals surface area contributed by atoms with Crippen LogP contribution >= 0.6 is 15.9 Å².